The smallest absolute Gasteiger partial charge is 0.264 e. The molecule has 0 bridgehead atoms. The second kappa shape index (κ2) is 8.42. The van der Waals surface area contributed by atoms with E-state index in [0.717, 1.165) is 44.3 Å². The number of hydrogen-bond acceptors (Lipinski definition) is 4. The standard InChI is InChI=1S/C19H24N2O2S/c1-16-4-2-5-17(14-16)15-21(19(22)18-6-3-13-24-18)8-7-20-9-11-23-12-10-20/h2-6,13-14H,7-12,15H2,1H3. The van der Waals surface area contributed by atoms with Gasteiger partial charge in [-0.2, -0.15) is 0 Å². The number of rotatable bonds is 6. The van der Waals surface area contributed by atoms with Gasteiger partial charge in [-0.05, 0) is 23.9 Å². The van der Waals surface area contributed by atoms with Crippen LogP contribution in [0.15, 0.2) is 41.8 Å². The van der Waals surface area contributed by atoms with Crippen molar-refractivity contribution < 1.29 is 9.53 Å². The lowest BCUT2D eigenvalue weighted by atomic mass is 10.1. The Morgan fingerprint density at radius 2 is 2.08 bits per heavy atom. The maximum absolute atomic E-state index is 12.9. The highest BCUT2D eigenvalue weighted by Crippen LogP contribution is 2.15. The molecule has 1 amide bonds. The van der Waals surface area contributed by atoms with Gasteiger partial charge in [0.05, 0.1) is 18.1 Å². The SMILES string of the molecule is Cc1cccc(CN(CCN2CCOCC2)C(=O)c2cccs2)c1. The number of carbonyl (C=O) groups excluding carboxylic acids is 1. The third-order valence-corrected chi connectivity index (χ3v) is 5.12. The fraction of sp³-hybridized carbons (Fsp3) is 0.421. The van der Waals surface area contributed by atoms with Crippen molar-refractivity contribution in [1.82, 2.24) is 9.80 Å². The molecule has 1 saturated heterocycles. The molecule has 1 fully saturated rings. The highest BCUT2D eigenvalue weighted by Gasteiger charge is 2.19. The first kappa shape index (κ1) is 17.1. The van der Waals surface area contributed by atoms with Crippen molar-refractivity contribution in [3.63, 3.8) is 0 Å². The van der Waals surface area contributed by atoms with Gasteiger partial charge in [0.15, 0.2) is 0 Å². The fourth-order valence-corrected chi connectivity index (χ4v) is 3.62. The van der Waals surface area contributed by atoms with Crippen molar-refractivity contribution in [2.24, 2.45) is 0 Å². The Morgan fingerprint density at radius 1 is 1.25 bits per heavy atom. The van der Waals surface area contributed by atoms with E-state index in [2.05, 4.69) is 36.1 Å². The highest BCUT2D eigenvalue weighted by atomic mass is 32.1. The van der Waals surface area contributed by atoms with Crippen LogP contribution in [0.5, 0.6) is 0 Å². The molecule has 5 heteroatoms. The number of thiophene rings is 1. The Labute approximate surface area is 147 Å². The first-order chi connectivity index (χ1) is 11.7. The molecular weight excluding hydrogens is 320 g/mol. The van der Waals surface area contributed by atoms with E-state index < -0.39 is 0 Å². The van der Waals surface area contributed by atoms with E-state index in [9.17, 15) is 4.79 Å². The summed E-state index contributed by atoms with van der Waals surface area (Å²) in [6.45, 7) is 7.85. The van der Waals surface area contributed by atoms with Crippen molar-refractivity contribution >= 4 is 17.2 Å². The topological polar surface area (TPSA) is 32.8 Å². The molecule has 0 N–H and O–H groups in total. The number of nitrogens with zero attached hydrogens (tertiary/aromatic N) is 2. The van der Waals surface area contributed by atoms with Crippen LogP contribution in [0.25, 0.3) is 0 Å². The van der Waals surface area contributed by atoms with Gasteiger partial charge in [-0.15, -0.1) is 11.3 Å². The maximum atomic E-state index is 12.9. The molecule has 1 aromatic carbocycles. The van der Waals surface area contributed by atoms with Crippen LogP contribution < -0.4 is 0 Å². The van der Waals surface area contributed by atoms with Gasteiger partial charge in [0.25, 0.3) is 5.91 Å². The first-order valence-corrected chi connectivity index (χ1v) is 9.29. The molecule has 0 spiro atoms. The van der Waals surface area contributed by atoms with Crippen molar-refractivity contribution in [2.75, 3.05) is 39.4 Å². The van der Waals surface area contributed by atoms with Crippen molar-refractivity contribution in [1.29, 1.82) is 0 Å². The molecule has 0 unspecified atom stereocenters. The number of aryl methyl sites for hydroxylation is 1. The molecule has 0 saturated carbocycles. The molecule has 24 heavy (non-hydrogen) atoms. The van der Waals surface area contributed by atoms with Crippen LogP contribution in [0.1, 0.15) is 20.8 Å². The highest BCUT2D eigenvalue weighted by molar-refractivity contribution is 7.12. The second-order valence-electron chi connectivity index (χ2n) is 6.15. The number of hydrogen-bond donors (Lipinski definition) is 0. The Morgan fingerprint density at radius 3 is 2.79 bits per heavy atom. The number of morpholine rings is 1. The van der Waals surface area contributed by atoms with E-state index >= 15 is 0 Å². The monoisotopic (exact) mass is 344 g/mol. The molecule has 1 aliphatic rings. The quantitative estimate of drug-likeness (QED) is 0.807. The Hall–Kier alpha value is -1.69. The number of carbonyl (C=O) groups is 1. The van der Waals surface area contributed by atoms with Gasteiger partial charge >= 0.3 is 0 Å². The summed E-state index contributed by atoms with van der Waals surface area (Å²) in [6.07, 6.45) is 0. The van der Waals surface area contributed by atoms with Gasteiger partial charge in [0.1, 0.15) is 0 Å². The minimum absolute atomic E-state index is 0.125. The number of ether oxygens (including phenoxy) is 1. The summed E-state index contributed by atoms with van der Waals surface area (Å²) in [7, 11) is 0. The summed E-state index contributed by atoms with van der Waals surface area (Å²) >= 11 is 1.51. The summed E-state index contributed by atoms with van der Waals surface area (Å²) in [5.41, 5.74) is 2.41. The van der Waals surface area contributed by atoms with Crippen LogP contribution in [0.4, 0.5) is 0 Å². The maximum Gasteiger partial charge on any atom is 0.264 e. The van der Waals surface area contributed by atoms with Gasteiger partial charge in [0, 0.05) is 32.7 Å². The number of benzene rings is 1. The average molecular weight is 344 g/mol. The van der Waals surface area contributed by atoms with Crippen molar-refractivity contribution in [3.8, 4) is 0 Å². The average Bonchev–Trinajstić information content (AvgIpc) is 3.13. The van der Waals surface area contributed by atoms with Crippen LogP contribution in [-0.4, -0.2) is 55.1 Å². The van der Waals surface area contributed by atoms with Gasteiger partial charge < -0.3 is 9.64 Å². The molecule has 0 aliphatic carbocycles. The van der Waals surface area contributed by atoms with Crippen LogP contribution in [0.2, 0.25) is 0 Å². The molecule has 0 radical (unpaired) electrons. The van der Waals surface area contributed by atoms with Crippen LogP contribution >= 0.6 is 11.3 Å². The van der Waals surface area contributed by atoms with Gasteiger partial charge in [-0.3, -0.25) is 9.69 Å². The van der Waals surface area contributed by atoms with Crippen LogP contribution in [-0.2, 0) is 11.3 Å². The zero-order valence-electron chi connectivity index (χ0n) is 14.1. The van der Waals surface area contributed by atoms with Gasteiger partial charge in [-0.25, -0.2) is 0 Å². The van der Waals surface area contributed by atoms with E-state index in [-0.39, 0.29) is 5.91 Å². The molecule has 2 aromatic rings. The zero-order valence-corrected chi connectivity index (χ0v) is 14.9. The number of amides is 1. The van der Waals surface area contributed by atoms with Gasteiger partial charge in [-0.1, -0.05) is 35.9 Å². The lowest BCUT2D eigenvalue weighted by Gasteiger charge is -2.30. The Kier molecular flexibility index (Phi) is 6.01. The third-order valence-electron chi connectivity index (χ3n) is 4.26. The fourth-order valence-electron chi connectivity index (χ4n) is 2.93. The molecular formula is C19H24N2O2S. The largest absolute Gasteiger partial charge is 0.379 e. The van der Waals surface area contributed by atoms with Crippen molar-refractivity contribution in [3.05, 3.63) is 57.8 Å². The predicted octanol–water partition coefficient (Wildman–Crippen LogP) is 3.03. The van der Waals surface area contributed by atoms with Crippen LogP contribution in [0.3, 0.4) is 0 Å². The third kappa shape index (κ3) is 4.66. The van der Waals surface area contributed by atoms with E-state index in [4.69, 9.17) is 4.74 Å². The van der Waals surface area contributed by atoms with E-state index in [0.29, 0.717) is 6.54 Å². The van der Waals surface area contributed by atoms with Crippen LogP contribution in [0, 0.1) is 6.92 Å². The molecule has 3 rings (SSSR count). The Bertz CT molecular complexity index is 651. The summed E-state index contributed by atoms with van der Waals surface area (Å²) in [6, 6.07) is 12.2. The van der Waals surface area contributed by atoms with Crippen molar-refractivity contribution in [2.45, 2.75) is 13.5 Å². The molecule has 128 valence electrons. The van der Waals surface area contributed by atoms with E-state index in [1.54, 1.807) is 0 Å². The predicted molar refractivity (Wildman–Crippen MR) is 97.5 cm³/mol. The second-order valence-corrected chi connectivity index (χ2v) is 7.09. The summed E-state index contributed by atoms with van der Waals surface area (Å²) < 4.78 is 5.40. The summed E-state index contributed by atoms with van der Waals surface area (Å²) in [5.74, 6) is 0.125. The molecule has 0 atom stereocenters. The summed E-state index contributed by atoms with van der Waals surface area (Å²) in [5, 5.41) is 1.96. The Balaban J connectivity index is 1.68. The molecule has 1 aliphatic heterocycles. The summed E-state index contributed by atoms with van der Waals surface area (Å²) in [4.78, 5) is 18.0. The normalized spacial score (nSPS) is 15.4. The zero-order chi connectivity index (χ0) is 16.8. The minimum atomic E-state index is 0.125. The lowest BCUT2D eigenvalue weighted by Crippen LogP contribution is -2.42. The molecule has 1 aromatic heterocycles. The van der Waals surface area contributed by atoms with E-state index in [1.165, 1.54) is 22.5 Å². The lowest BCUT2D eigenvalue weighted by molar-refractivity contribution is 0.0321. The molecule has 4 nitrogen and oxygen atoms in total. The first-order valence-electron chi connectivity index (χ1n) is 8.41. The van der Waals surface area contributed by atoms with Gasteiger partial charge in [0.2, 0.25) is 0 Å². The van der Waals surface area contributed by atoms with E-state index in [1.807, 2.05) is 22.4 Å². The minimum Gasteiger partial charge on any atom is -0.379 e. The molecule has 2 heterocycles.